The van der Waals surface area contributed by atoms with Gasteiger partial charge in [-0.2, -0.15) is 0 Å². The topological polar surface area (TPSA) is 136 Å². The molecule has 0 saturated carbocycles. The molecule has 4 N–H and O–H groups in total. The number of hydrogen-bond acceptors (Lipinski definition) is 7. The van der Waals surface area contributed by atoms with Gasteiger partial charge in [-0.1, -0.05) is 23.5 Å². The lowest BCUT2D eigenvalue weighted by Gasteiger charge is -2.06. The SMILES string of the molecule is Nc1sc(S(=O)(=O)Nc2ccc(CO)cc2)cc1[N+](=O)[O-]. The molecule has 21 heavy (non-hydrogen) atoms. The Bertz CT molecular complexity index is 768. The zero-order valence-electron chi connectivity index (χ0n) is 10.5. The fraction of sp³-hybridized carbons (Fsp3) is 0.0909. The number of benzene rings is 1. The first-order chi connectivity index (χ1) is 9.83. The van der Waals surface area contributed by atoms with E-state index in [1.165, 1.54) is 12.1 Å². The van der Waals surface area contributed by atoms with Gasteiger partial charge < -0.3 is 10.8 Å². The van der Waals surface area contributed by atoms with E-state index in [0.717, 1.165) is 6.07 Å². The van der Waals surface area contributed by atoms with Crippen LogP contribution in [0.2, 0.25) is 0 Å². The molecule has 0 amide bonds. The number of aliphatic hydroxyl groups excluding tert-OH is 1. The van der Waals surface area contributed by atoms with E-state index in [4.69, 9.17) is 10.8 Å². The van der Waals surface area contributed by atoms with Crippen LogP contribution in [-0.4, -0.2) is 18.4 Å². The summed E-state index contributed by atoms with van der Waals surface area (Å²) in [5, 5.41) is 19.4. The van der Waals surface area contributed by atoms with Crippen molar-refractivity contribution < 1.29 is 18.4 Å². The Labute approximate surface area is 124 Å². The van der Waals surface area contributed by atoms with Crippen LogP contribution in [0, 0.1) is 10.1 Å². The van der Waals surface area contributed by atoms with Crippen LogP contribution >= 0.6 is 11.3 Å². The smallest absolute Gasteiger partial charge is 0.304 e. The molecular formula is C11H11N3O5S2. The monoisotopic (exact) mass is 329 g/mol. The third kappa shape index (κ3) is 3.29. The summed E-state index contributed by atoms with van der Waals surface area (Å²) in [7, 11) is -3.95. The van der Waals surface area contributed by atoms with Crippen LogP contribution in [0.25, 0.3) is 0 Å². The first-order valence-corrected chi connectivity index (χ1v) is 7.90. The second kappa shape index (κ2) is 5.68. The minimum atomic E-state index is -3.95. The van der Waals surface area contributed by atoms with Gasteiger partial charge in [-0.3, -0.25) is 14.8 Å². The normalized spacial score (nSPS) is 11.3. The highest BCUT2D eigenvalue weighted by atomic mass is 32.2. The van der Waals surface area contributed by atoms with E-state index in [-0.39, 0.29) is 21.5 Å². The molecular weight excluding hydrogens is 318 g/mol. The number of nitro groups is 1. The molecule has 0 spiro atoms. The van der Waals surface area contributed by atoms with Crippen LogP contribution in [0.5, 0.6) is 0 Å². The molecule has 2 rings (SSSR count). The molecule has 0 atom stereocenters. The fourth-order valence-corrected chi connectivity index (χ4v) is 3.80. The molecule has 0 aliphatic heterocycles. The molecule has 1 aromatic carbocycles. The number of anilines is 2. The van der Waals surface area contributed by atoms with Crippen LogP contribution < -0.4 is 10.5 Å². The maximum Gasteiger partial charge on any atom is 0.304 e. The number of thiophene rings is 1. The first-order valence-electron chi connectivity index (χ1n) is 5.60. The fourth-order valence-electron chi connectivity index (χ4n) is 1.53. The highest BCUT2D eigenvalue weighted by Crippen LogP contribution is 2.35. The largest absolute Gasteiger partial charge is 0.392 e. The van der Waals surface area contributed by atoms with Crippen molar-refractivity contribution in [3.05, 3.63) is 46.0 Å². The lowest BCUT2D eigenvalue weighted by atomic mass is 10.2. The van der Waals surface area contributed by atoms with E-state index in [1.807, 2.05) is 0 Å². The van der Waals surface area contributed by atoms with Gasteiger partial charge in [-0.05, 0) is 17.7 Å². The molecule has 112 valence electrons. The van der Waals surface area contributed by atoms with Crippen molar-refractivity contribution in [1.29, 1.82) is 0 Å². The minimum Gasteiger partial charge on any atom is -0.392 e. The van der Waals surface area contributed by atoms with Crippen molar-refractivity contribution in [2.24, 2.45) is 0 Å². The molecule has 1 heterocycles. The van der Waals surface area contributed by atoms with Gasteiger partial charge in [0.25, 0.3) is 10.0 Å². The Kier molecular flexibility index (Phi) is 4.11. The molecule has 0 unspecified atom stereocenters. The second-order valence-electron chi connectivity index (χ2n) is 4.03. The number of aliphatic hydroxyl groups is 1. The van der Waals surface area contributed by atoms with Gasteiger partial charge in [0.1, 0.15) is 4.21 Å². The predicted octanol–water partition coefficient (Wildman–Crippen LogP) is 1.53. The quantitative estimate of drug-likeness (QED) is 0.562. The summed E-state index contributed by atoms with van der Waals surface area (Å²) in [5.41, 5.74) is 5.91. The third-order valence-electron chi connectivity index (χ3n) is 2.57. The molecule has 8 nitrogen and oxygen atoms in total. The third-order valence-corrected chi connectivity index (χ3v) is 5.38. The highest BCUT2D eigenvalue weighted by Gasteiger charge is 2.24. The van der Waals surface area contributed by atoms with Crippen molar-refractivity contribution >= 4 is 37.7 Å². The van der Waals surface area contributed by atoms with Crippen LogP contribution in [0.3, 0.4) is 0 Å². The summed E-state index contributed by atoms with van der Waals surface area (Å²) in [6.45, 7) is -0.152. The van der Waals surface area contributed by atoms with E-state index in [2.05, 4.69) is 4.72 Å². The van der Waals surface area contributed by atoms with Gasteiger partial charge in [-0.15, -0.1) is 0 Å². The van der Waals surface area contributed by atoms with E-state index in [9.17, 15) is 18.5 Å². The van der Waals surface area contributed by atoms with E-state index < -0.39 is 20.6 Å². The van der Waals surface area contributed by atoms with E-state index in [1.54, 1.807) is 12.1 Å². The number of sulfonamides is 1. The number of hydrogen-bond donors (Lipinski definition) is 3. The Morgan fingerprint density at radius 3 is 2.43 bits per heavy atom. The van der Waals surface area contributed by atoms with Crippen molar-refractivity contribution in [1.82, 2.24) is 0 Å². The zero-order chi connectivity index (χ0) is 15.6. The number of rotatable bonds is 5. The summed E-state index contributed by atoms with van der Waals surface area (Å²) >= 11 is 0.622. The van der Waals surface area contributed by atoms with Crippen LogP contribution in [0.4, 0.5) is 16.4 Å². The first kappa shape index (κ1) is 15.2. The van der Waals surface area contributed by atoms with Crippen molar-refractivity contribution in [2.75, 3.05) is 10.5 Å². The molecule has 10 heteroatoms. The average molecular weight is 329 g/mol. The zero-order valence-corrected chi connectivity index (χ0v) is 12.1. The summed E-state index contributed by atoms with van der Waals surface area (Å²) in [4.78, 5) is 9.95. The molecule has 0 aliphatic carbocycles. The van der Waals surface area contributed by atoms with Crippen LogP contribution in [0.1, 0.15) is 5.56 Å². The molecule has 1 aromatic heterocycles. The summed E-state index contributed by atoms with van der Waals surface area (Å²) in [6, 6.07) is 7.00. The van der Waals surface area contributed by atoms with Gasteiger partial charge in [0.2, 0.25) is 0 Å². The summed E-state index contributed by atoms with van der Waals surface area (Å²) < 4.78 is 26.3. The highest BCUT2D eigenvalue weighted by molar-refractivity contribution is 7.94. The van der Waals surface area contributed by atoms with Crippen LogP contribution in [-0.2, 0) is 16.6 Å². The second-order valence-corrected chi connectivity index (χ2v) is 7.03. The van der Waals surface area contributed by atoms with E-state index in [0.29, 0.717) is 16.9 Å². The maximum absolute atomic E-state index is 12.1. The Balaban J connectivity index is 2.29. The van der Waals surface area contributed by atoms with Gasteiger partial charge in [0.05, 0.1) is 11.5 Å². The van der Waals surface area contributed by atoms with E-state index >= 15 is 0 Å². The minimum absolute atomic E-state index is 0.152. The van der Waals surface area contributed by atoms with Crippen molar-refractivity contribution in [3.8, 4) is 0 Å². The molecule has 0 bridgehead atoms. The summed E-state index contributed by atoms with van der Waals surface area (Å²) in [6.07, 6.45) is 0. The molecule has 0 radical (unpaired) electrons. The molecule has 2 aromatic rings. The van der Waals surface area contributed by atoms with Gasteiger partial charge in [0.15, 0.2) is 5.00 Å². The standard InChI is InChI=1S/C11H11N3O5S2/c12-11-9(14(16)17)5-10(20-11)21(18,19)13-8-3-1-7(6-15)2-4-8/h1-5,13,15H,6,12H2. The molecule has 0 aliphatic rings. The number of nitrogens with one attached hydrogen (secondary N) is 1. The van der Waals surface area contributed by atoms with Crippen LogP contribution in [0.15, 0.2) is 34.5 Å². The Hall–Kier alpha value is -2.17. The lowest BCUT2D eigenvalue weighted by molar-refractivity contribution is -0.383. The average Bonchev–Trinajstić information content (AvgIpc) is 2.82. The molecule has 0 fully saturated rings. The van der Waals surface area contributed by atoms with Gasteiger partial charge >= 0.3 is 5.69 Å². The Morgan fingerprint density at radius 2 is 1.95 bits per heavy atom. The van der Waals surface area contributed by atoms with Gasteiger partial charge in [-0.25, -0.2) is 8.42 Å². The number of nitrogens with zero attached hydrogens (tertiary/aromatic N) is 1. The molecule has 0 saturated heterocycles. The van der Waals surface area contributed by atoms with Crippen molar-refractivity contribution in [3.63, 3.8) is 0 Å². The Morgan fingerprint density at radius 1 is 1.33 bits per heavy atom. The maximum atomic E-state index is 12.1. The predicted molar refractivity (Wildman–Crippen MR) is 78.6 cm³/mol. The lowest BCUT2D eigenvalue weighted by Crippen LogP contribution is -2.11. The van der Waals surface area contributed by atoms with Gasteiger partial charge in [0, 0.05) is 11.8 Å². The summed E-state index contributed by atoms with van der Waals surface area (Å²) in [5.74, 6) is 0. The number of nitrogens with two attached hydrogens (primary N) is 1. The van der Waals surface area contributed by atoms with Crippen molar-refractivity contribution in [2.45, 2.75) is 10.8 Å². The number of nitrogen functional groups attached to an aromatic ring is 1.